The fourth-order valence-corrected chi connectivity index (χ4v) is 7.97. The fraction of sp³-hybridized carbons (Fsp3) is 0.412. The van der Waals surface area contributed by atoms with Crippen LogP contribution in [0.4, 0.5) is 0 Å². The van der Waals surface area contributed by atoms with Gasteiger partial charge in [-0.25, -0.2) is 16.8 Å². The van der Waals surface area contributed by atoms with E-state index in [-0.39, 0.29) is 30.2 Å². The minimum Gasteiger partial charge on any atom is -0.228 e. The van der Waals surface area contributed by atoms with Gasteiger partial charge in [-0.3, -0.25) is 0 Å². The van der Waals surface area contributed by atoms with Crippen molar-refractivity contribution < 1.29 is 16.8 Å². The van der Waals surface area contributed by atoms with Crippen LogP contribution in [-0.2, 0) is 19.9 Å². The summed E-state index contributed by atoms with van der Waals surface area (Å²) in [6.45, 7) is 3.81. The molecule has 1 atom stereocenters. The topological polar surface area (TPSA) is 71.5 Å². The summed E-state index contributed by atoms with van der Waals surface area (Å²) in [6.07, 6.45) is 0.285. The molecule has 1 fully saturated rings. The first kappa shape index (κ1) is 18.6. The Morgan fingerprint density at radius 1 is 1.16 bits per heavy atom. The molecule has 1 aromatic carbocycles. The second kappa shape index (κ2) is 6.83. The molecule has 8 heteroatoms. The summed E-state index contributed by atoms with van der Waals surface area (Å²) < 4.78 is 52.7. The lowest BCUT2D eigenvalue weighted by Crippen LogP contribution is -2.34. The highest BCUT2D eigenvalue weighted by molar-refractivity contribution is 7.92. The van der Waals surface area contributed by atoms with Gasteiger partial charge >= 0.3 is 0 Å². The van der Waals surface area contributed by atoms with Gasteiger partial charge in [-0.05, 0) is 48.9 Å². The maximum Gasteiger partial charge on any atom is 0.243 e. The molecule has 0 aliphatic carbocycles. The molecule has 136 valence electrons. The SMILES string of the molecule is Cc1ccc(C)c(S(=O)(=O)N2CC[C@H](c3cccs3)S(=O)(=O)CC2)c1. The first-order valence-electron chi connectivity index (χ1n) is 8.04. The van der Waals surface area contributed by atoms with Gasteiger partial charge in [0.2, 0.25) is 10.0 Å². The minimum atomic E-state index is -3.71. The molecule has 5 nitrogen and oxygen atoms in total. The Balaban J connectivity index is 1.93. The highest BCUT2D eigenvalue weighted by Crippen LogP contribution is 2.34. The van der Waals surface area contributed by atoms with Crippen LogP contribution >= 0.6 is 11.3 Å². The van der Waals surface area contributed by atoms with Crippen LogP contribution in [0.5, 0.6) is 0 Å². The molecule has 0 spiro atoms. The Morgan fingerprint density at radius 2 is 1.92 bits per heavy atom. The van der Waals surface area contributed by atoms with Gasteiger partial charge in [0.15, 0.2) is 9.84 Å². The van der Waals surface area contributed by atoms with Gasteiger partial charge in [0.05, 0.1) is 15.9 Å². The molecule has 0 unspecified atom stereocenters. The molecule has 0 amide bonds. The molecule has 0 N–H and O–H groups in total. The molecular formula is C17H21NO4S3. The summed E-state index contributed by atoms with van der Waals surface area (Å²) >= 11 is 1.40. The summed E-state index contributed by atoms with van der Waals surface area (Å²) in [7, 11) is -7.08. The van der Waals surface area contributed by atoms with Crippen LogP contribution in [-0.4, -0.2) is 40.0 Å². The quantitative estimate of drug-likeness (QED) is 0.796. The van der Waals surface area contributed by atoms with Gasteiger partial charge in [0.1, 0.15) is 0 Å². The number of thiophene rings is 1. The van der Waals surface area contributed by atoms with Crippen LogP contribution < -0.4 is 0 Å². The van der Waals surface area contributed by atoms with Gasteiger partial charge in [0.25, 0.3) is 0 Å². The summed E-state index contributed by atoms with van der Waals surface area (Å²) in [5.74, 6) is -0.153. The number of benzene rings is 1. The Hall–Kier alpha value is -1.22. The van der Waals surface area contributed by atoms with E-state index >= 15 is 0 Å². The summed E-state index contributed by atoms with van der Waals surface area (Å²) in [6, 6.07) is 8.94. The van der Waals surface area contributed by atoms with Crippen LogP contribution in [0, 0.1) is 13.8 Å². The van der Waals surface area contributed by atoms with Crippen LogP contribution in [0.1, 0.15) is 27.7 Å². The molecule has 2 aromatic rings. The maximum atomic E-state index is 13.1. The van der Waals surface area contributed by atoms with E-state index in [0.717, 1.165) is 10.4 Å². The second-order valence-corrected chi connectivity index (χ2v) is 11.5. The number of nitrogens with zero attached hydrogens (tertiary/aromatic N) is 1. The normalized spacial score (nSPS) is 21.8. The first-order chi connectivity index (χ1) is 11.7. The highest BCUT2D eigenvalue weighted by Gasteiger charge is 2.36. The van der Waals surface area contributed by atoms with Crippen molar-refractivity contribution in [1.82, 2.24) is 4.31 Å². The van der Waals surface area contributed by atoms with Crippen molar-refractivity contribution in [2.24, 2.45) is 0 Å². The van der Waals surface area contributed by atoms with E-state index < -0.39 is 25.1 Å². The van der Waals surface area contributed by atoms with E-state index in [4.69, 9.17) is 0 Å². The second-order valence-electron chi connectivity index (χ2n) is 6.33. The first-order valence-corrected chi connectivity index (χ1v) is 12.1. The Bertz CT molecular complexity index is 963. The summed E-state index contributed by atoms with van der Waals surface area (Å²) in [4.78, 5) is 1.05. The number of aryl methyl sites for hydroxylation is 2. The van der Waals surface area contributed by atoms with Gasteiger partial charge in [-0.1, -0.05) is 18.2 Å². The van der Waals surface area contributed by atoms with Gasteiger partial charge < -0.3 is 0 Å². The molecule has 0 saturated carbocycles. The smallest absolute Gasteiger partial charge is 0.228 e. The van der Waals surface area contributed by atoms with Crippen molar-refractivity contribution in [2.45, 2.75) is 30.4 Å². The number of rotatable bonds is 3. The number of sulfone groups is 1. The lowest BCUT2D eigenvalue weighted by atomic mass is 10.2. The number of hydrogen-bond donors (Lipinski definition) is 0. The van der Waals surface area contributed by atoms with E-state index in [1.807, 2.05) is 30.5 Å². The molecule has 1 saturated heterocycles. The van der Waals surface area contributed by atoms with Crippen LogP contribution in [0.2, 0.25) is 0 Å². The molecule has 1 aromatic heterocycles. The van der Waals surface area contributed by atoms with Crippen LogP contribution in [0.25, 0.3) is 0 Å². The van der Waals surface area contributed by atoms with Crippen LogP contribution in [0.3, 0.4) is 0 Å². The number of hydrogen-bond acceptors (Lipinski definition) is 5. The summed E-state index contributed by atoms with van der Waals surface area (Å²) in [5, 5.41) is 1.23. The van der Waals surface area contributed by atoms with Crippen molar-refractivity contribution >= 4 is 31.2 Å². The lowest BCUT2D eigenvalue weighted by molar-refractivity contribution is 0.428. The van der Waals surface area contributed by atoms with E-state index in [1.165, 1.54) is 15.6 Å². The summed E-state index contributed by atoms with van der Waals surface area (Å²) in [5.41, 5.74) is 1.54. The van der Waals surface area contributed by atoms with Crippen molar-refractivity contribution in [3.63, 3.8) is 0 Å². The van der Waals surface area contributed by atoms with Crippen molar-refractivity contribution in [2.75, 3.05) is 18.8 Å². The number of sulfonamides is 1. The predicted molar refractivity (Wildman–Crippen MR) is 100 cm³/mol. The third-order valence-electron chi connectivity index (χ3n) is 4.52. The standard InChI is InChI=1S/C17H21NO4S3/c1-13-5-6-14(2)17(12-13)25(21,22)18-8-7-16(15-4-3-10-23-15)24(19,20)11-9-18/h3-6,10,12,16H,7-9,11H2,1-2H3/t16-/m1/s1. The largest absolute Gasteiger partial charge is 0.243 e. The molecule has 0 radical (unpaired) electrons. The average Bonchev–Trinajstić information content (AvgIpc) is 3.00. The van der Waals surface area contributed by atoms with Gasteiger partial charge in [-0.2, -0.15) is 4.31 Å². The average molecular weight is 400 g/mol. The maximum absolute atomic E-state index is 13.1. The zero-order valence-electron chi connectivity index (χ0n) is 14.2. The van der Waals surface area contributed by atoms with Crippen LogP contribution in [0.15, 0.2) is 40.6 Å². The molecule has 2 heterocycles. The Kier molecular flexibility index (Phi) is 5.07. The third kappa shape index (κ3) is 3.67. The Morgan fingerprint density at radius 3 is 2.60 bits per heavy atom. The van der Waals surface area contributed by atoms with Gasteiger partial charge in [0, 0.05) is 18.0 Å². The highest BCUT2D eigenvalue weighted by atomic mass is 32.2. The van der Waals surface area contributed by atoms with Crippen molar-refractivity contribution in [3.8, 4) is 0 Å². The molecule has 0 bridgehead atoms. The van der Waals surface area contributed by atoms with E-state index in [9.17, 15) is 16.8 Å². The molecule has 1 aliphatic heterocycles. The van der Waals surface area contributed by atoms with E-state index in [0.29, 0.717) is 5.56 Å². The molecular weight excluding hydrogens is 378 g/mol. The Labute approximate surface area is 153 Å². The van der Waals surface area contributed by atoms with Crippen molar-refractivity contribution in [3.05, 3.63) is 51.7 Å². The minimum absolute atomic E-state index is 0.0000756. The lowest BCUT2D eigenvalue weighted by Gasteiger charge is -2.21. The zero-order valence-corrected chi connectivity index (χ0v) is 16.6. The van der Waals surface area contributed by atoms with Crippen molar-refractivity contribution in [1.29, 1.82) is 0 Å². The van der Waals surface area contributed by atoms with Gasteiger partial charge in [-0.15, -0.1) is 11.3 Å². The molecule has 1 aliphatic rings. The monoisotopic (exact) mass is 399 g/mol. The van der Waals surface area contributed by atoms with E-state index in [2.05, 4.69) is 0 Å². The molecule has 3 rings (SSSR count). The zero-order chi connectivity index (χ0) is 18.2. The van der Waals surface area contributed by atoms with E-state index in [1.54, 1.807) is 19.1 Å². The molecule has 25 heavy (non-hydrogen) atoms. The fourth-order valence-electron chi connectivity index (χ4n) is 3.08. The third-order valence-corrected chi connectivity index (χ3v) is 9.81. The predicted octanol–water partition coefficient (Wildman–Crippen LogP) is 2.92.